The first-order valence-corrected chi connectivity index (χ1v) is 5.64. The molecular formula is C11H13NO2S. The van der Waals surface area contributed by atoms with E-state index in [1.54, 1.807) is 18.4 Å². The number of pyridine rings is 1. The van der Waals surface area contributed by atoms with Crippen molar-refractivity contribution >= 4 is 21.6 Å². The first-order valence-electron chi connectivity index (χ1n) is 4.82. The maximum absolute atomic E-state index is 5.38. The van der Waals surface area contributed by atoms with Crippen LogP contribution in [0.2, 0.25) is 0 Å². The number of aromatic nitrogens is 1. The van der Waals surface area contributed by atoms with E-state index >= 15 is 0 Å². The molecule has 0 saturated heterocycles. The second-order valence-corrected chi connectivity index (χ2v) is 4.42. The molecule has 0 N–H and O–H groups in total. The fourth-order valence-electron chi connectivity index (χ4n) is 1.46. The second-order valence-electron chi connectivity index (χ2n) is 3.17. The third kappa shape index (κ3) is 1.90. The molecule has 15 heavy (non-hydrogen) atoms. The summed E-state index contributed by atoms with van der Waals surface area (Å²) in [5, 5.41) is 0. The van der Waals surface area contributed by atoms with E-state index in [4.69, 9.17) is 9.47 Å². The largest absolute Gasteiger partial charge is 0.495 e. The van der Waals surface area contributed by atoms with Crippen LogP contribution in [0.4, 0.5) is 0 Å². The first kappa shape index (κ1) is 10.2. The smallest absolute Gasteiger partial charge is 0.217 e. The molecule has 4 heteroatoms. The quantitative estimate of drug-likeness (QED) is 0.801. The van der Waals surface area contributed by atoms with Crippen LogP contribution in [0.3, 0.4) is 0 Å². The maximum atomic E-state index is 5.38. The summed E-state index contributed by atoms with van der Waals surface area (Å²) >= 11 is 1.69. The average molecular weight is 223 g/mol. The Kier molecular flexibility index (Phi) is 2.77. The van der Waals surface area contributed by atoms with Crippen LogP contribution >= 0.6 is 11.3 Å². The molecule has 0 unspecified atom stereocenters. The zero-order valence-corrected chi connectivity index (χ0v) is 9.85. The van der Waals surface area contributed by atoms with Gasteiger partial charge in [0.2, 0.25) is 5.88 Å². The number of aryl methyl sites for hydroxylation is 1. The molecule has 0 aliphatic carbocycles. The highest BCUT2D eigenvalue weighted by Crippen LogP contribution is 2.34. The lowest BCUT2D eigenvalue weighted by atomic mass is 10.3. The monoisotopic (exact) mass is 223 g/mol. The molecule has 0 aromatic carbocycles. The summed E-state index contributed by atoms with van der Waals surface area (Å²) in [7, 11) is 1.67. The maximum Gasteiger partial charge on any atom is 0.217 e. The molecule has 0 spiro atoms. The van der Waals surface area contributed by atoms with Crippen LogP contribution in [-0.2, 0) is 0 Å². The summed E-state index contributed by atoms with van der Waals surface area (Å²) in [4.78, 5) is 5.63. The van der Waals surface area contributed by atoms with Crippen molar-refractivity contribution in [1.29, 1.82) is 0 Å². The molecule has 0 saturated carbocycles. The van der Waals surface area contributed by atoms with Gasteiger partial charge in [-0.1, -0.05) is 0 Å². The van der Waals surface area contributed by atoms with E-state index in [0.717, 1.165) is 16.0 Å². The van der Waals surface area contributed by atoms with Gasteiger partial charge in [-0.15, -0.1) is 11.3 Å². The number of methoxy groups -OCH3 is 1. The molecule has 2 aromatic heterocycles. The van der Waals surface area contributed by atoms with Gasteiger partial charge in [0, 0.05) is 10.9 Å². The van der Waals surface area contributed by atoms with Gasteiger partial charge in [0.05, 0.1) is 23.9 Å². The summed E-state index contributed by atoms with van der Waals surface area (Å²) in [5.41, 5.74) is 0.945. The minimum Gasteiger partial charge on any atom is -0.495 e. The highest BCUT2D eigenvalue weighted by atomic mass is 32.1. The molecule has 0 radical (unpaired) electrons. The van der Waals surface area contributed by atoms with Crippen molar-refractivity contribution in [2.45, 2.75) is 13.8 Å². The number of fused-ring (bicyclic) bond motifs is 1. The van der Waals surface area contributed by atoms with Gasteiger partial charge in [-0.3, -0.25) is 0 Å². The molecule has 0 fully saturated rings. The fourth-order valence-corrected chi connectivity index (χ4v) is 2.41. The van der Waals surface area contributed by atoms with Crippen LogP contribution in [0.5, 0.6) is 11.6 Å². The molecule has 2 heterocycles. The molecule has 3 nitrogen and oxygen atoms in total. The van der Waals surface area contributed by atoms with Crippen LogP contribution < -0.4 is 9.47 Å². The van der Waals surface area contributed by atoms with Gasteiger partial charge in [0.25, 0.3) is 0 Å². The molecule has 0 aliphatic rings. The lowest BCUT2D eigenvalue weighted by Crippen LogP contribution is -1.95. The van der Waals surface area contributed by atoms with E-state index in [0.29, 0.717) is 12.5 Å². The average Bonchev–Trinajstić information content (AvgIpc) is 2.57. The van der Waals surface area contributed by atoms with E-state index < -0.39 is 0 Å². The molecule has 0 aliphatic heterocycles. The standard InChI is InChI=1S/C11H13NO2S/c1-4-14-10-6-9(13-3)11-8(12-10)5-7(2)15-11/h5-6H,4H2,1-3H3. The Balaban J connectivity index is 2.59. The van der Waals surface area contributed by atoms with Crippen LogP contribution in [0.1, 0.15) is 11.8 Å². The van der Waals surface area contributed by atoms with Gasteiger partial charge in [-0.05, 0) is 19.9 Å². The SMILES string of the molecule is CCOc1cc(OC)c2sc(C)cc2n1. The van der Waals surface area contributed by atoms with Crippen LogP contribution in [-0.4, -0.2) is 18.7 Å². The van der Waals surface area contributed by atoms with E-state index in [1.807, 2.05) is 19.1 Å². The normalized spacial score (nSPS) is 10.6. The Morgan fingerprint density at radius 3 is 2.87 bits per heavy atom. The molecule has 2 rings (SSSR count). The Morgan fingerprint density at radius 2 is 2.20 bits per heavy atom. The zero-order chi connectivity index (χ0) is 10.8. The van der Waals surface area contributed by atoms with Crippen molar-refractivity contribution in [3.63, 3.8) is 0 Å². The number of nitrogens with zero attached hydrogens (tertiary/aromatic N) is 1. The lowest BCUT2D eigenvalue weighted by Gasteiger charge is -2.05. The van der Waals surface area contributed by atoms with Gasteiger partial charge < -0.3 is 9.47 Å². The van der Waals surface area contributed by atoms with Crippen molar-refractivity contribution in [2.24, 2.45) is 0 Å². The third-order valence-corrected chi connectivity index (χ3v) is 3.11. The van der Waals surface area contributed by atoms with Gasteiger partial charge in [0.15, 0.2) is 0 Å². The molecule has 0 bridgehead atoms. The van der Waals surface area contributed by atoms with E-state index in [-0.39, 0.29) is 0 Å². The number of hydrogen-bond acceptors (Lipinski definition) is 4. The van der Waals surface area contributed by atoms with Gasteiger partial charge in [-0.25, -0.2) is 4.98 Å². The highest BCUT2D eigenvalue weighted by molar-refractivity contribution is 7.19. The van der Waals surface area contributed by atoms with Crippen molar-refractivity contribution in [3.8, 4) is 11.6 Å². The second kappa shape index (κ2) is 4.06. The molecular weight excluding hydrogens is 210 g/mol. The lowest BCUT2D eigenvalue weighted by molar-refractivity contribution is 0.325. The highest BCUT2D eigenvalue weighted by Gasteiger charge is 2.09. The van der Waals surface area contributed by atoms with E-state index in [1.165, 1.54) is 4.88 Å². The topological polar surface area (TPSA) is 31.4 Å². The summed E-state index contributed by atoms with van der Waals surface area (Å²) in [6.45, 7) is 4.62. The number of thiophene rings is 1. The van der Waals surface area contributed by atoms with E-state index in [2.05, 4.69) is 11.9 Å². The summed E-state index contributed by atoms with van der Waals surface area (Å²) in [5.74, 6) is 1.46. The summed E-state index contributed by atoms with van der Waals surface area (Å²) in [6, 6.07) is 3.88. The van der Waals surface area contributed by atoms with Gasteiger partial charge in [0.1, 0.15) is 5.75 Å². The molecule has 0 amide bonds. The van der Waals surface area contributed by atoms with Crippen molar-refractivity contribution < 1.29 is 9.47 Å². The third-order valence-electron chi connectivity index (χ3n) is 2.06. The fraction of sp³-hybridized carbons (Fsp3) is 0.364. The molecule has 80 valence electrons. The van der Waals surface area contributed by atoms with Crippen molar-refractivity contribution in [3.05, 3.63) is 17.0 Å². The molecule has 0 atom stereocenters. The first-order chi connectivity index (χ1) is 7.24. The van der Waals surface area contributed by atoms with Crippen LogP contribution in [0.15, 0.2) is 12.1 Å². The summed E-state index contributed by atoms with van der Waals surface area (Å²) < 4.78 is 11.8. The van der Waals surface area contributed by atoms with E-state index in [9.17, 15) is 0 Å². The molecule has 2 aromatic rings. The van der Waals surface area contributed by atoms with Gasteiger partial charge in [-0.2, -0.15) is 0 Å². The Hall–Kier alpha value is -1.29. The predicted molar refractivity (Wildman–Crippen MR) is 62.1 cm³/mol. The Labute approximate surface area is 92.7 Å². The minimum absolute atomic E-state index is 0.616. The number of ether oxygens (including phenoxy) is 2. The van der Waals surface area contributed by atoms with Crippen molar-refractivity contribution in [2.75, 3.05) is 13.7 Å². The van der Waals surface area contributed by atoms with Crippen LogP contribution in [0.25, 0.3) is 10.2 Å². The Bertz CT molecular complexity index is 479. The van der Waals surface area contributed by atoms with Crippen LogP contribution in [0, 0.1) is 6.92 Å². The minimum atomic E-state index is 0.616. The Morgan fingerprint density at radius 1 is 1.40 bits per heavy atom. The summed E-state index contributed by atoms with van der Waals surface area (Å²) in [6.07, 6.45) is 0. The van der Waals surface area contributed by atoms with Gasteiger partial charge >= 0.3 is 0 Å². The number of hydrogen-bond donors (Lipinski definition) is 0. The van der Waals surface area contributed by atoms with Crippen molar-refractivity contribution in [1.82, 2.24) is 4.98 Å². The zero-order valence-electron chi connectivity index (χ0n) is 9.03. The predicted octanol–water partition coefficient (Wildman–Crippen LogP) is 3.01. The number of rotatable bonds is 3.